The summed E-state index contributed by atoms with van der Waals surface area (Å²) in [7, 11) is 0. The third kappa shape index (κ3) is 4.01. The topological polar surface area (TPSA) is 66.1 Å². The van der Waals surface area contributed by atoms with Gasteiger partial charge < -0.3 is 9.30 Å². The SMILES string of the molecule is CCOC(=O)c1cc(=O)c2ccccc2n1Cc1cn(-c2ccccc2)nc1-c1ccccc1. The number of carbonyl (C=O) groups excluding carboxylic acids is 1. The van der Waals surface area contributed by atoms with Crippen LogP contribution in [-0.2, 0) is 11.3 Å². The fourth-order valence-electron chi connectivity index (χ4n) is 4.12. The minimum atomic E-state index is -0.526. The zero-order valence-electron chi connectivity index (χ0n) is 18.7. The first-order valence-electron chi connectivity index (χ1n) is 11.1. The molecule has 0 aliphatic rings. The lowest BCUT2D eigenvalue weighted by Gasteiger charge is -2.16. The third-order valence-corrected chi connectivity index (χ3v) is 5.69. The van der Waals surface area contributed by atoms with Gasteiger partial charge >= 0.3 is 5.97 Å². The van der Waals surface area contributed by atoms with Crippen LogP contribution >= 0.6 is 0 Å². The number of aromatic nitrogens is 3. The van der Waals surface area contributed by atoms with E-state index in [9.17, 15) is 9.59 Å². The van der Waals surface area contributed by atoms with Crippen LogP contribution in [0.25, 0.3) is 27.8 Å². The van der Waals surface area contributed by atoms with Crippen LogP contribution < -0.4 is 5.43 Å². The lowest BCUT2D eigenvalue weighted by molar-refractivity contribution is 0.0514. The highest BCUT2D eigenvalue weighted by molar-refractivity contribution is 5.92. The summed E-state index contributed by atoms with van der Waals surface area (Å²) in [5, 5.41) is 5.43. The molecular weight excluding hydrogens is 426 g/mol. The van der Waals surface area contributed by atoms with Crippen LogP contribution in [0.4, 0.5) is 0 Å². The number of nitrogens with zero attached hydrogens (tertiary/aromatic N) is 3. The van der Waals surface area contributed by atoms with E-state index in [1.165, 1.54) is 6.07 Å². The Morgan fingerprint density at radius 3 is 2.32 bits per heavy atom. The first-order valence-corrected chi connectivity index (χ1v) is 11.1. The smallest absolute Gasteiger partial charge is 0.355 e. The number of benzene rings is 3. The molecule has 0 radical (unpaired) electrons. The van der Waals surface area contributed by atoms with Crippen molar-refractivity contribution in [2.24, 2.45) is 0 Å². The largest absolute Gasteiger partial charge is 0.461 e. The summed E-state index contributed by atoms with van der Waals surface area (Å²) in [4.78, 5) is 25.6. The lowest BCUT2D eigenvalue weighted by atomic mass is 10.1. The number of carbonyl (C=O) groups is 1. The summed E-state index contributed by atoms with van der Waals surface area (Å²) < 4.78 is 8.96. The van der Waals surface area contributed by atoms with Gasteiger partial charge in [-0.05, 0) is 31.2 Å². The molecule has 0 saturated carbocycles. The Kier molecular flexibility index (Phi) is 5.79. The van der Waals surface area contributed by atoms with E-state index in [4.69, 9.17) is 9.84 Å². The molecule has 0 bridgehead atoms. The van der Waals surface area contributed by atoms with E-state index in [1.54, 1.807) is 13.0 Å². The standard InChI is InChI=1S/C28H23N3O3/c1-2-34-28(33)25-17-26(32)23-15-9-10-16-24(23)30(25)18-21-19-31(22-13-7-4-8-14-22)29-27(21)20-11-5-3-6-12-20/h3-17,19H,2,18H2,1H3. The van der Waals surface area contributed by atoms with Crippen LogP contribution in [0, 0.1) is 0 Å². The molecule has 0 N–H and O–H groups in total. The van der Waals surface area contributed by atoms with Gasteiger partial charge in [-0.1, -0.05) is 60.7 Å². The number of hydrogen-bond donors (Lipinski definition) is 0. The summed E-state index contributed by atoms with van der Waals surface area (Å²) in [6, 6.07) is 28.5. The van der Waals surface area contributed by atoms with E-state index in [1.807, 2.05) is 94.3 Å². The van der Waals surface area contributed by atoms with Crippen LogP contribution in [0.5, 0.6) is 0 Å². The van der Waals surface area contributed by atoms with E-state index < -0.39 is 5.97 Å². The van der Waals surface area contributed by atoms with Crippen molar-refractivity contribution in [2.45, 2.75) is 13.5 Å². The minimum Gasteiger partial charge on any atom is -0.461 e. The Hall–Kier alpha value is -4.45. The van der Waals surface area contributed by atoms with Crippen molar-refractivity contribution in [3.8, 4) is 16.9 Å². The van der Waals surface area contributed by atoms with Crippen LogP contribution in [0.1, 0.15) is 23.0 Å². The molecule has 5 rings (SSSR count). The Morgan fingerprint density at radius 2 is 1.59 bits per heavy atom. The molecule has 2 aromatic heterocycles. The van der Waals surface area contributed by atoms with E-state index >= 15 is 0 Å². The number of hydrogen-bond acceptors (Lipinski definition) is 4. The Labute approximate surface area is 196 Å². The Balaban J connectivity index is 1.72. The Morgan fingerprint density at radius 1 is 0.912 bits per heavy atom. The summed E-state index contributed by atoms with van der Waals surface area (Å²) in [6.07, 6.45) is 1.97. The fraction of sp³-hybridized carbons (Fsp3) is 0.107. The molecule has 3 aromatic carbocycles. The number of ether oxygens (including phenoxy) is 1. The van der Waals surface area contributed by atoms with Crippen molar-refractivity contribution < 1.29 is 9.53 Å². The molecule has 0 fully saturated rings. The van der Waals surface area contributed by atoms with Gasteiger partial charge in [-0.2, -0.15) is 5.10 Å². The number of esters is 1. The zero-order chi connectivity index (χ0) is 23.5. The van der Waals surface area contributed by atoms with E-state index in [0.29, 0.717) is 17.4 Å². The van der Waals surface area contributed by atoms with Crippen molar-refractivity contribution in [2.75, 3.05) is 6.61 Å². The van der Waals surface area contributed by atoms with Crippen molar-refractivity contribution in [3.63, 3.8) is 0 Å². The highest BCUT2D eigenvalue weighted by Gasteiger charge is 2.20. The molecule has 0 aliphatic carbocycles. The molecule has 0 saturated heterocycles. The molecule has 0 aliphatic heterocycles. The van der Waals surface area contributed by atoms with Gasteiger partial charge in [-0.3, -0.25) is 4.79 Å². The van der Waals surface area contributed by atoms with Crippen molar-refractivity contribution in [3.05, 3.63) is 119 Å². The maximum Gasteiger partial charge on any atom is 0.355 e. The highest BCUT2D eigenvalue weighted by Crippen LogP contribution is 2.26. The fourth-order valence-corrected chi connectivity index (χ4v) is 4.12. The van der Waals surface area contributed by atoms with Crippen molar-refractivity contribution in [1.82, 2.24) is 14.3 Å². The maximum atomic E-state index is 12.8. The number of rotatable bonds is 6. The van der Waals surface area contributed by atoms with Gasteiger partial charge in [0, 0.05) is 28.8 Å². The normalized spacial score (nSPS) is 11.0. The highest BCUT2D eigenvalue weighted by atomic mass is 16.5. The molecule has 0 unspecified atom stereocenters. The van der Waals surface area contributed by atoms with Crippen LogP contribution in [-0.4, -0.2) is 26.9 Å². The van der Waals surface area contributed by atoms with E-state index in [-0.39, 0.29) is 17.7 Å². The second-order valence-corrected chi connectivity index (χ2v) is 7.87. The van der Waals surface area contributed by atoms with Gasteiger partial charge in [0.25, 0.3) is 0 Å². The number of pyridine rings is 1. The van der Waals surface area contributed by atoms with Gasteiger partial charge in [-0.25, -0.2) is 9.48 Å². The quantitative estimate of drug-likeness (QED) is 0.339. The van der Waals surface area contributed by atoms with Crippen molar-refractivity contribution >= 4 is 16.9 Å². The molecule has 0 spiro atoms. The molecule has 6 nitrogen and oxygen atoms in total. The average Bonchev–Trinajstić information content (AvgIpc) is 3.31. The molecule has 2 heterocycles. The van der Waals surface area contributed by atoms with Gasteiger partial charge in [0.05, 0.1) is 30.0 Å². The first kappa shape index (κ1) is 21.4. The van der Waals surface area contributed by atoms with Crippen LogP contribution in [0.15, 0.2) is 102 Å². The number of para-hydroxylation sites is 2. The molecule has 0 amide bonds. The van der Waals surface area contributed by atoms with Gasteiger partial charge in [0.1, 0.15) is 5.69 Å². The van der Waals surface area contributed by atoms with Gasteiger partial charge in [-0.15, -0.1) is 0 Å². The summed E-state index contributed by atoms with van der Waals surface area (Å²) in [6.45, 7) is 2.31. The summed E-state index contributed by atoms with van der Waals surface area (Å²) in [5.41, 5.74) is 4.30. The molecule has 168 valence electrons. The van der Waals surface area contributed by atoms with Crippen molar-refractivity contribution in [1.29, 1.82) is 0 Å². The molecule has 0 atom stereocenters. The minimum absolute atomic E-state index is 0.210. The molecular formula is C28H23N3O3. The monoisotopic (exact) mass is 449 g/mol. The summed E-state index contributed by atoms with van der Waals surface area (Å²) in [5.74, 6) is -0.526. The summed E-state index contributed by atoms with van der Waals surface area (Å²) >= 11 is 0. The van der Waals surface area contributed by atoms with Gasteiger partial charge in [0.15, 0.2) is 5.43 Å². The molecule has 6 heteroatoms. The second-order valence-electron chi connectivity index (χ2n) is 7.87. The van der Waals surface area contributed by atoms with Crippen LogP contribution in [0.3, 0.4) is 0 Å². The Bertz CT molecular complexity index is 1520. The van der Waals surface area contributed by atoms with E-state index in [0.717, 1.165) is 22.5 Å². The maximum absolute atomic E-state index is 12.8. The first-order chi connectivity index (χ1) is 16.7. The molecule has 34 heavy (non-hydrogen) atoms. The number of fused-ring (bicyclic) bond motifs is 1. The predicted octanol–water partition coefficient (Wildman–Crippen LogP) is 5.08. The van der Waals surface area contributed by atoms with E-state index in [2.05, 4.69) is 0 Å². The molecule has 5 aromatic rings. The lowest BCUT2D eigenvalue weighted by Crippen LogP contribution is -2.20. The third-order valence-electron chi connectivity index (χ3n) is 5.69. The second kappa shape index (κ2) is 9.19. The average molecular weight is 450 g/mol. The predicted molar refractivity (Wildman–Crippen MR) is 132 cm³/mol. The van der Waals surface area contributed by atoms with Gasteiger partial charge in [0.2, 0.25) is 0 Å². The van der Waals surface area contributed by atoms with Crippen LogP contribution in [0.2, 0.25) is 0 Å². The zero-order valence-corrected chi connectivity index (χ0v) is 18.7.